The zero-order valence-corrected chi connectivity index (χ0v) is 11.7. The second-order valence-electron chi connectivity index (χ2n) is 4.70. The summed E-state index contributed by atoms with van der Waals surface area (Å²) in [4.78, 5) is 22.2. The molecule has 0 radical (unpaired) electrons. The lowest BCUT2D eigenvalue weighted by Gasteiger charge is -2.36. The summed E-state index contributed by atoms with van der Waals surface area (Å²) in [6, 6.07) is 0. The fourth-order valence-electron chi connectivity index (χ4n) is 2.00. The molecule has 0 aromatic rings. The monoisotopic (exact) mass is 274 g/mol. The van der Waals surface area contributed by atoms with Gasteiger partial charge in [0.15, 0.2) is 6.54 Å². The third kappa shape index (κ3) is 6.93. The van der Waals surface area contributed by atoms with E-state index < -0.39 is 11.9 Å². The number of carbonyl (C=O) groups is 2. The van der Waals surface area contributed by atoms with E-state index in [0.29, 0.717) is 25.2 Å². The first kappa shape index (κ1) is 17.6. The van der Waals surface area contributed by atoms with Gasteiger partial charge < -0.3 is 19.4 Å². The molecule has 1 atom stereocenters. The number of hydrogen-bond acceptors (Lipinski definition) is 4. The van der Waals surface area contributed by atoms with Gasteiger partial charge >= 0.3 is 11.9 Å². The summed E-state index contributed by atoms with van der Waals surface area (Å²) < 4.78 is 5.22. The number of aliphatic carboxylic acids is 1. The molecule has 0 bridgehead atoms. The van der Waals surface area contributed by atoms with E-state index in [1.165, 1.54) is 0 Å². The molecule has 0 spiro atoms. The highest BCUT2D eigenvalue weighted by Crippen LogP contribution is 2.09. The lowest BCUT2D eigenvalue weighted by atomic mass is 10.2. The van der Waals surface area contributed by atoms with Crippen molar-refractivity contribution in [3.63, 3.8) is 0 Å². The van der Waals surface area contributed by atoms with Crippen molar-refractivity contribution in [2.24, 2.45) is 0 Å². The quantitative estimate of drug-likeness (QED) is 0.342. The van der Waals surface area contributed by atoms with Crippen LogP contribution in [0.4, 0.5) is 0 Å². The smallest absolute Gasteiger partial charge is 0.359 e. The van der Waals surface area contributed by atoms with E-state index in [4.69, 9.17) is 14.9 Å². The highest BCUT2D eigenvalue weighted by Gasteiger charge is 2.29. The van der Waals surface area contributed by atoms with E-state index in [0.717, 1.165) is 6.42 Å². The van der Waals surface area contributed by atoms with Crippen LogP contribution in [0.2, 0.25) is 0 Å². The van der Waals surface area contributed by atoms with Gasteiger partial charge in [0.05, 0.1) is 13.2 Å². The van der Waals surface area contributed by atoms with Crippen molar-refractivity contribution in [3.05, 3.63) is 12.2 Å². The van der Waals surface area contributed by atoms with E-state index >= 15 is 0 Å². The number of rotatable bonds is 10. The fraction of sp³-hybridized carbons (Fsp3) is 0.692. The maximum absolute atomic E-state index is 11.3. The van der Waals surface area contributed by atoms with Gasteiger partial charge in [-0.25, -0.2) is 9.59 Å². The van der Waals surface area contributed by atoms with Gasteiger partial charge in [-0.05, 0) is 13.3 Å². The van der Waals surface area contributed by atoms with Crippen LogP contribution >= 0.6 is 0 Å². The molecule has 2 N–H and O–H groups in total. The molecule has 6 heteroatoms. The van der Waals surface area contributed by atoms with Gasteiger partial charge in [-0.15, -0.1) is 0 Å². The Hall–Kier alpha value is -1.40. The number of aliphatic hydroxyl groups is 1. The minimum atomic E-state index is -0.923. The molecule has 0 saturated carbocycles. The predicted octanol–water partition coefficient (Wildman–Crippen LogP) is 0.409. The molecule has 0 fully saturated rings. The van der Waals surface area contributed by atoms with Crippen molar-refractivity contribution in [2.75, 3.05) is 39.4 Å². The Balaban J connectivity index is 4.58. The SMILES string of the molecule is C=C(C)C(=O)OCC[N+](CCC)(CCO)CC(=O)O. The first-order valence-corrected chi connectivity index (χ1v) is 6.37. The second-order valence-corrected chi connectivity index (χ2v) is 4.70. The van der Waals surface area contributed by atoms with Crippen LogP contribution in [0.3, 0.4) is 0 Å². The van der Waals surface area contributed by atoms with Gasteiger partial charge in [-0.1, -0.05) is 13.5 Å². The zero-order chi connectivity index (χ0) is 14.9. The minimum Gasteiger partial charge on any atom is -0.477 e. The Labute approximate surface area is 113 Å². The van der Waals surface area contributed by atoms with E-state index in [1.807, 2.05) is 6.92 Å². The summed E-state index contributed by atoms with van der Waals surface area (Å²) in [5, 5.41) is 18.1. The second kappa shape index (κ2) is 8.66. The number of carboxylic acids is 1. The third-order valence-electron chi connectivity index (χ3n) is 2.89. The molecule has 0 aromatic carbocycles. The van der Waals surface area contributed by atoms with E-state index in [-0.39, 0.29) is 24.2 Å². The van der Waals surface area contributed by atoms with Gasteiger partial charge in [0, 0.05) is 5.57 Å². The van der Waals surface area contributed by atoms with E-state index in [1.54, 1.807) is 6.92 Å². The number of nitrogens with zero attached hydrogens (tertiary/aromatic N) is 1. The number of aliphatic hydroxyl groups excluding tert-OH is 1. The van der Waals surface area contributed by atoms with Gasteiger partial charge in [0.2, 0.25) is 0 Å². The maximum atomic E-state index is 11.3. The normalized spacial score (nSPS) is 13.6. The number of quaternary nitrogens is 1. The molecule has 0 aliphatic rings. The fourth-order valence-corrected chi connectivity index (χ4v) is 2.00. The Morgan fingerprint density at radius 1 is 1.26 bits per heavy atom. The van der Waals surface area contributed by atoms with Crippen molar-refractivity contribution in [1.29, 1.82) is 0 Å². The minimum absolute atomic E-state index is 0.0843. The van der Waals surface area contributed by atoms with E-state index in [9.17, 15) is 9.59 Å². The van der Waals surface area contributed by atoms with Crippen LogP contribution in [0.1, 0.15) is 20.3 Å². The van der Waals surface area contributed by atoms with Crippen molar-refractivity contribution in [3.8, 4) is 0 Å². The molecular formula is C13H24NO5+. The lowest BCUT2D eigenvalue weighted by Crippen LogP contribution is -2.55. The van der Waals surface area contributed by atoms with Gasteiger partial charge in [0.25, 0.3) is 0 Å². The van der Waals surface area contributed by atoms with Gasteiger partial charge in [-0.2, -0.15) is 0 Å². The highest BCUT2D eigenvalue weighted by molar-refractivity contribution is 5.86. The average Bonchev–Trinajstić information content (AvgIpc) is 2.28. The molecule has 0 saturated heterocycles. The number of carbonyl (C=O) groups excluding carboxylic acids is 1. The number of esters is 1. The Kier molecular flexibility index (Phi) is 8.02. The standard InChI is InChI=1S/C13H23NO5/c1-4-5-14(6-8-15,10-12(16)17)7-9-19-13(18)11(2)3/h15H,2,4-10H2,1,3H3/p+1. The maximum Gasteiger partial charge on any atom is 0.359 e. The highest BCUT2D eigenvalue weighted by atomic mass is 16.5. The summed E-state index contributed by atoms with van der Waals surface area (Å²) in [7, 11) is 0. The zero-order valence-electron chi connectivity index (χ0n) is 11.7. The summed E-state index contributed by atoms with van der Waals surface area (Å²) >= 11 is 0. The van der Waals surface area contributed by atoms with Crippen molar-refractivity contribution in [2.45, 2.75) is 20.3 Å². The Bertz CT molecular complexity index is 321. The topological polar surface area (TPSA) is 83.8 Å². The van der Waals surface area contributed by atoms with Crippen molar-refractivity contribution < 1.29 is 29.0 Å². The van der Waals surface area contributed by atoms with Crippen LogP contribution in [0.15, 0.2) is 12.2 Å². The molecule has 0 aliphatic heterocycles. The van der Waals surface area contributed by atoms with Gasteiger partial charge in [-0.3, -0.25) is 0 Å². The molecule has 0 rings (SSSR count). The molecule has 1 unspecified atom stereocenters. The summed E-state index contributed by atoms with van der Waals surface area (Å²) in [5.41, 5.74) is 0.314. The molecule has 0 aliphatic carbocycles. The van der Waals surface area contributed by atoms with Crippen LogP contribution < -0.4 is 0 Å². The Morgan fingerprint density at radius 3 is 2.32 bits per heavy atom. The third-order valence-corrected chi connectivity index (χ3v) is 2.89. The lowest BCUT2D eigenvalue weighted by molar-refractivity contribution is -0.921. The molecule has 0 aromatic heterocycles. The van der Waals surface area contributed by atoms with E-state index in [2.05, 4.69) is 6.58 Å². The van der Waals surface area contributed by atoms with Crippen LogP contribution in [-0.4, -0.2) is 66.0 Å². The molecular weight excluding hydrogens is 250 g/mol. The van der Waals surface area contributed by atoms with Crippen molar-refractivity contribution in [1.82, 2.24) is 0 Å². The summed E-state index contributed by atoms with van der Waals surface area (Å²) in [5.74, 6) is -1.40. The molecule has 19 heavy (non-hydrogen) atoms. The van der Waals surface area contributed by atoms with Crippen molar-refractivity contribution >= 4 is 11.9 Å². The summed E-state index contributed by atoms with van der Waals surface area (Å²) in [6.45, 7) is 8.26. The average molecular weight is 274 g/mol. The molecule has 0 heterocycles. The van der Waals surface area contributed by atoms with Crippen LogP contribution in [-0.2, 0) is 14.3 Å². The molecule has 6 nitrogen and oxygen atoms in total. The largest absolute Gasteiger partial charge is 0.477 e. The molecule has 0 amide bonds. The first-order chi connectivity index (χ1) is 8.87. The molecule has 110 valence electrons. The van der Waals surface area contributed by atoms with Gasteiger partial charge in [0.1, 0.15) is 19.7 Å². The van der Waals surface area contributed by atoms with Crippen LogP contribution in [0.5, 0.6) is 0 Å². The number of hydrogen-bond donors (Lipinski definition) is 2. The first-order valence-electron chi connectivity index (χ1n) is 6.37. The predicted molar refractivity (Wildman–Crippen MR) is 70.5 cm³/mol. The number of ether oxygens (including phenoxy) is 1. The summed E-state index contributed by atoms with van der Waals surface area (Å²) in [6.07, 6.45) is 0.793. The van der Waals surface area contributed by atoms with Crippen LogP contribution in [0, 0.1) is 0 Å². The number of carboxylic acid groups (broad SMARTS) is 1. The van der Waals surface area contributed by atoms with Crippen LogP contribution in [0.25, 0.3) is 0 Å². The Morgan fingerprint density at radius 2 is 1.89 bits per heavy atom.